The number of anilines is 1. The molecule has 0 aromatic carbocycles. The van der Waals surface area contributed by atoms with Crippen LogP contribution in [0.1, 0.15) is 56.2 Å². The molecule has 1 aromatic heterocycles. The molecule has 3 rings (SSSR count). The van der Waals surface area contributed by atoms with Crippen LogP contribution in [0.2, 0.25) is 0 Å². The van der Waals surface area contributed by atoms with Crippen LogP contribution in [0.3, 0.4) is 0 Å². The van der Waals surface area contributed by atoms with Crippen molar-refractivity contribution in [3.63, 3.8) is 0 Å². The van der Waals surface area contributed by atoms with E-state index in [0.717, 1.165) is 6.42 Å². The van der Waals surface area contributed by atoms with E-state index in [2.05, 4.69) is 17.2 Å². The van der Waals surface area contributed by atoms with Crippen LogP contribution in [0.15, 0.2) is 6.20 Å². The minimum atomic E-state index is -0.413. The van der Waals surface area contributed by atoms with E-state index in [1.165, 1.54) is 37.0 Å². The fourth-order valence-electron chi connectivity index (χ4n) is 3.58. The molecule has 22 heavy (non-hydrogen) atoms. The zero-order chi connectivity index (χ0) is 15.5. The van der Waals surface area contributed by atoms with Gasteiger partial charge in [0.2, 0.25) is 0 Å². The highest BCUT2D eigenvalue weighted by Crippen LogP contribution is 2.36. The van der Waals surface area contributed by atoms with Gasteiger partial charge in [-0.25, -0.2) is 9.78 Å². The maximum Gasteiger partial charge on any atom is 0.323 e. The number of nitrogens with zero attached hydrogens (tertiary/aromatic N) is 2. The molecule has 0 spiro atoms. The standard InChI is InChI=1S/C16H25N3O2S/c1-11-7-13(20)10-19(9-11)16(21)18-15-17-8-14(22-15)12-5-3-2-4-6-12/h8,11-13,20H,2-7,9-10H2,1H3,(H,17,18,21)/t11-,13+/m1/s1. The number of amides is 2. The molecule has 1 aliphatic carbocycles. The second kappa shape index (κ2) is 6.96. The molecule has 2 heterocycles. The Hall–Kier alpha value is -1.14. The zero-order valence-corrected chi connectivity index (χ0v) is 13.9. The van der Waals surface area contributed by atoms with Gasteiger partial charge in [-0.1, -0.05) is 26.2 Å². The number of carbonyl (C=O) groups is 1. The molecule has 1 aromatic rings. The molecule has 2 N–H and O–H groups in total. The lowest BCUT2D eigenvalue weighted by Crippen LogP contribution is -2.47. The quantitative estimate of drug-likeness (QED) is 0.876. The van der Waals surface area contributed by atoms with Crippen molar-refractivity contribution >= 4 is 22.5 Å². The molecule has 0 bridgehead atoms. The van der Waals surface area contributed by atoms with Gasteiger partial charge in [0.25, 0.3) is 0 Å². The average molecular weight is 323 g/mol. The minimum Gasteiger partial charge on any atom is -0.391 e. The number of β-amino-alcohol motifs (C(OH)–C–C–N with tert-alkyl or cyclic N) is 1. The summed E-state index contributed by atoms with van der Waals surface area (Å²) in [6, 6.07) is -0.143. The summed E-state index contributed by atoms with van der Waals surface area (Å²) in [4.78, 5) is 19.7. The molecule has 0 radical (unpaired) electrons. The lowest BCUT2D eigenvalue weighted by atomic mass is 9.89. The second-order valence-corrected chi connectivity index (χ2v) is 7.79. The molecule has 1 aliphatic heterocycles. The number of aliphatic hydroxyl groups excluding tert-OH is 1. The van der Waals surface area contributed by atoms with Crippen LogP contribution < -0.4 is 5.32 Å². The fourth-order valence-corrected chi connectivity index (χ4v) is 4.55. The van der Waals surface area contributed by atoms with Crippen LogP contribution in [-0.4, -0.2) is 40.2 Å². The molecule has 6 heteroatoms. The van der Waals surface area contributed by atoms with Gasteiger partial charge in [-0.3, -0.25) is 5.32 Å². The largest absolute Gasteiger partial charge is 0.391 e. The van der Waals surface area contributed by atoms with Gasteiger partial charge < -0.3 is 10.0 Å². The number of aliphatic hydroxyl groups is 1. The van der Waals surface area contributed by atoms with Crippen molar-refractivity contribution in [3.05, 3.63) is 11.1 Å². The number of aromatic nitrogens is 1. The Bertz CT molecular complexity index is 503. The predicted molar refractivity (Wildman–Crippen MR) is 88.3 cm³/mol. The Morgan fingerprint density at radius 3 is 2.86 bits per heavy atom. The monoisotopic (exact) mass is 323 g/mol. The van der Waals surface area contributed by atoms with Gasteiger partial charge in [0.05, 0.1) is 6.10 Å². The highest BCUT2D eigenvalue weighted by Gasteiger charge is 2.27. The molecule has 2 fully saturated rings. The van der Waals surface area contributed by atoms with Crippen LogP contribution in [0.4, 0.5) is 9.93 Å². The van der Waals surface area contributed by atoms with Crippen molar-refractivity contribution in [2.45, 2.75) is 57.5 Å². The third kappa shape index (κ3) is 3.79. The first kappa shape index (κ1) is 15.7. The van der Waals surface area contributed by atoms with E-state index in [1.807, 2.05) is 6.20 Å². The lowest BCUT2D eigenvalue weighted by molar-refractivity contribution is 0.0640. The number of nitrogens with one attached hydrogen (secondary N) is 1. The number of hydrogen-bond donors (Lipinski definition) is 2. The molecular weight excluding hydrogens is 298 g/mol. The van der Waals surface area contributed by atoms with Crippen molar-refractivity contribution in [2.75, 3.05) is 18.4 Å². The van der Waals surface area contributed by atoms with Crippen LogP contribution in [0.25, 0.3) is 0 Å². The van der Waals surface area contributed by atoms with E-state index in [0.29, 0.717) is 30.1 Å². The van der Waals surface area contributed by atoms with E-state index in [-0.39, 0.29) is 6.03 Å². The summed E-state index contributed by atoms with van der Waals surface area (Å²) in [5.41, 5.74) is 0. The number of rotatable bonds is 2. The predicted octanol–water partition coefficient (Wildman–Crippen LogP) is 3.43. The van der Waals surface area contributed by atoms with Crippen molar-refractivity contribution in [3.8, 4) is 0 Å². The fraction of sp³-hybridized carbons (Fsp3) is 0.750. The van der Waals surface area contributed by atoms with Gasteiger partial charge in [-0.2, -0.15) is 0 Å². The lowest BCUT2D eigenvalue weighted by Gasteiger charge is -2.33. The zero-order valence-electron chi connectivity index (χ0n) is 13.1. The second-order valence-electron chi connectivity index (χ2n) is 6.73. The van der Waals surface area contributed by atoms with E-state index >= 15 is 0 Å². The van der Waals surface area contributed by atoms with Crippen LogP contribution >= 0.6 is 11.3 Å². The van der Waals surface area contributed by atoms with E-state index in [9.17, 15) is 9.90 Å². The number of likely N-dealkylation sites (tertiary alicyclic amines) is 1. The molecule has 5 nitrogen and oxygen atoms in total. The Morgan fingerprint density at radius 1 is 1.36 bits per heavy atom. The van der Waals surface area contributed by atoms with Crippen LogP contribution in [0, 0.1) is 5.92 Å². The van der Waals surface area contributed by atoms with E-state index < -0.39 is 6.10 Å². The van der Waals surface area contributed by atoms with Crippen LogP contribution in [0.5, 0.6) is 0 Å². The van der Waals surface area contributed by atoms with Crippen molar-refractivity contribution in [1.82, 2.24) is 9.88 Å². The molecule has 0 unspecified atom stereocenters. The number of urea groups is 1. The summed E-state index contributed by atoms with van der Waals surface area (Å²) < 4.78 is 0. The molecule has 1 saturated carbocycles. The van der Waals surface area contributed by atoms with E-state index in [1.54, 1.807) is 16.2 Å². The SMILES string of the molecule is C[C@@H]1C[C@H](O)CN(C(=O)Nc2ncc(C3CCCCC3)s2)C1. The van der Waals surface area contributed by atoms with Crippen LogP contribution in [-0.2, 0) is 0 Å². The topological polar surface area (TPSA) is 65.5 Å². The van der Waals surface area contributed by atoms with Crippen molar-refractivity contribution in [2.24, 2.45) is 5.92 Å². The minimum absolute atomic E-state index is 0.143. The van der Waals surface area contributed by atoms with Gasteiger partial charge in [0, 0.05) is 24.2 Å². The first-order valence-corrected chi connectivity index (χ1v) is 9.13. The van der Waals surface area contributed by atoms with Gasteiger partial charge in [0.15, 0.2) is 5.13 Å². The molecule has 2 amide bonds. The molecule has 1 saturated heterocycles. The summed E-state index contributed by atoms with van der Waals surface area (Å²) in [6.45, 7) is 3.17. The number of hydrogen-bond acceptors (Lipinski definition) is 4. The third-order valence-corrected chi connectivity index (χ3v) is 5.75. The highest BCUT2D eigenvalue weighted by atomic mass is 32.1. The summed E-state index contributed by atoms with van der Waals surface area (Å²) >= 11 is 1.60. The summed E-state index contributed by atoms with van der Waals surface area (Å²) in [6.07, 6.45) is 8.70. The average Bonchev–Trinajstić information content (AvgIpc) is 2.95. The first-order valence-electron chi connectivity index (χ1n) is 8.31. The normalized spacial score (nSPS) is 26.9. The molecule has 122 valence electrons. The maximum atomic E-state index is 12.3. The maximum absolute atomic E-state index is 12.3. The summed E-state index contributed by atoms with van der Waals surface area (Å²) in [5.74, 6) is 0.956. The van der Waals surface area contributed by atoms with Gasteiger partial charge in [0.1, 0.15) is 0 Å². The van der Waals surface area contributed by atoms with Crippen molar-refractivity contribution < 1.29 is 9.90 Å². The van der Waals surface area contributed by atoms with Gasteiger partial charge >= 0.3 is 6.03 Å². The molecular formula is C16H25N3O2S. The molecule has 2 aliphatic rings. The first-order chi connectivity index (χ1) is 10.6. The summed E-state index contributed by atoms with van der Waals surface area (Å²) in [5, 5.41) is 13.4. The third-order valence-electron chi connectivity index (χ3n) is 4.67. The highest BCUT2D eigenvalue weighted by molar-refractivity contribution is 7.15. The van der Waals surface area contributed by atoms with Gasteiger partial charge in [-0.15, -0.1) is 11.3 Å². The Labute approximate surface area is 135 Å². The molecule has 2 atom stereocenters. The Balaban J connectivity index is 1.58. The number of piperidine rings is 1. The number of carbonyl (C=O) groups excluding carboxylic acids is 1. The Morgan fingerprint density at radius 2 is 2.14 bits per heavy atom. The smallest absolute Gasteiger partial charge is 0.323 e. The number of thiazole rings is 1. The van der Waals surface area contributed by atoms with E-state index in [4.69, 9.17) is 0 Å². The summed E-state index contributed by atoms with van der Waals surface area (Å²) in [7, 11) is 0. The van der Waals surface area contributed by atoms with Crippen molar-refractivity contribution in [1.29, 1.82) is 0 Å². The Kier molecular flexibility index (Phi) is 4.98. The van der Waals surface area contributed by atoms with Gasteiger partial charge in [-0.05, 0) is 31.1 Å².